The first-order valence-electron chi connectivity index (χ1n) is 6.19. The van der Waals surface area contributed by atoms with Gasteiger partial charge in [0.2, 0.25) is 0 Å². The first-order valence-corrected chi connectivity index (χ1v) is 6.19. The lowest BCUT2D eigenvalue weighted by atomic mass is 10.3. The monoisotopic (exact) mass is 288 g/mol. The Hall–Kier alpha value is -1.76. The SMILES string of the molecule is CN1CCN(C(=O)C(F)(F)Oc2ccc(F)cc2)CC1. The molecule has 1 aromatic rings. The van der Waals surface area contributed by atoms with Crippen molar-refractivity contribution in [2.24, 2.45) is 0 Å². The molecule has 0 aliphatic carbocycles. The van der Waals surface area contributed by atoms with Crippen molar-refractivity contribution in [2.45, 2.75) is 6.11 Å². The average Bonchev–Trinajstić information content (AvgIpc) is 2.41. The maximum atomic E-state index is 13.8. The molecule has 1 aliphatic rings. The molecule has 1 heterocycles. The van der Waals surface area contributed by atoms with E-state index in [4.69, 9.17) is 0 Å². The number of piperazine rings is 1. The van der Waals surface area contributed by atoms with Crippen LogP contribution in [0, 0.1) is 5.82 Å². The highest BCUT2D eigenvalue weighted by atomic mass is 19.3. The summed E-state index contributed by atoms with van der Waals surface area (Å²) in [6.07, 6.45) is -3.95. The Morgan fingerprint density at radius 1 is 1.15 bits per heavy atom. The fourth-order valence-electron chi connectivity index (χ4n) is 1.89. The van der Waals surface area contributed by atoms with Crippen molar-refractivity contribution < 1.29 is 22.7 Å². The topological polar surface area (TPSA) is 32.8 Å². The minimum atomic E-state index is -3.95. The Morgan fingerprint density at radius 3 is 2.25 bits per heavy atom. The van der Waals surface area contributed by atoms with Gasteiger partial charge >= 0.3 is 12.0 Å². The van der Waals surface area contributed by atoms with Gasteiger partial charge in [-0.15, -0.1) is 0 Å². The lowest BCUT2D eigenvalue weighted by molar-refractivity contribution is -0.204. The molecule has 0 aromatic heterocycles. The Labute approximate surface area is 114 Å². The highest BCUT2D eigenvalue weighted by Crippen LogP contribution is 2.24. The summed E-state index contributed by atoms with van der Waals surface area (Å²) in [5.74, 6) is -2.18. The maximum absolute atomic E-state index is 13.8. The fourth-order valence-corrected chi connectivity index (χ4v) is 1.89. The number of carbonyl (C=O) groups is 1. The minimum Gasteiger partial charge on any atom is -0.425 e. The van der Waals surface area contributed by atoms with Gasteiger partial charge in [-0.3, -0.25) is 4.79 Å². The van der Waals surface area contributed by atoms with Crippen LogP contribution in [0.15, 0.2) is 24.3 Å². The number of likely N-dealkylation sites (N-methyl/N-ethyl adjacent to an activating group) is 1. The largest absolute Gasteiger partial charge is 0.482 e. The lowest BCUT2D eigenvalue weighted by Gasteiger charge is -2.33. The van der Waals surface area contributed by atoms with Gasteiger partial charge in [-0.1, -0.05) is 0 Å². The van der Waals surface area contributed by atoms with Crippen LogP contribution < -0.4 is 4.74 Å². The van der Waals surface area contributed by atoms with Crippen LogP contribution in [0.25, 0.3) is 0 Å². The molecule has 1 fully saturated rings. The Bertz CT molecular complexity index is 471. The zero-order chi connectivity index (χ0) is 14.8. The number of hydrogen-bond donors (Lipinski definition) is 0. The van der Waals surface area contributed by atoms with E-state index in [9.17, 15) is 18.0 Å². The summed E-state index contributed by atoms with van der Waals surface area (Å²) in [5, 5.41) is 0. The van der Waals surface area contributed by atoms with E-state index in [1.165, 1.54) is 0 Å². The Morgan fingerprint density at radius 2 is 1.70 bits per heavy atom. The summed E-state index contributed by atoms with van der Waals surface area (Å²) in [5.41, 5.74) is 0. The van der Waals surface area contributed by atoms with Crippen LogP contribution in [0.5, 0.6) is 5.75 Å². The van der Waals surface area contributed by atoms with Crippen LogP contribution >= 0.6 is 0 Å². The predicted molar refractivity (Wildman–Crippen MR) is 66.1 cm³/mol. The van der Waals surface area contributed by atoms with Gasteiger partial charge in [-0.05, 0) is 31.3 Å². The number of amides is 1. The molecule has 0 spiro atoms. The predicted octanol–water partition coefficient (Wildman–Crippen LogP) is 1.57. The molecule has 1 aliphatic heterocycles. The number of carbonyl (C=O) groups excluding carboxylic acids is 1. The van der Waals surface area contributed by atoms with Gasteiger partial charge < -0.3 is 14.5 Å². The molecule has 1 amide bonds. The Kier molecular flexibility index (Phi) is 4.17. The van der Waals surface area contributed by atoms with Gasteiger partial charge in [-0.25, -0.2) is 4.39 Å². The minimum absolute atomic E-state index is 0.234. The number of benzene rings is 1. The quantitative estimate of drug-likeness (QED) is 0.846. The zero-order valence-electron chi connectivity index (χ0n) is 11.0. The number of nitrogens with zero attached hydrogens (tertiary/aromatic N) is 2. The summed E-state index contributed by atoms with van der Waals surface area (Å²) in [6.45, 7) is 1.55. The summed E-state index contributed by atoms with van der Waals surface area (Å²) < 4.78 is 44.6. The van der Waals surface area contributed by atoms with Crippen molar-refractivity contribution in [2.75, 3.05) is 33.2 Å². The first-order chi connectivity index (χ1) is 9.38. The molecule has 2 rings (SSSR count). The molecule has 7 heteroatoms. The molecule has 110 valence electrons. The lowest BCUT2D eigenvalue weighted by Crippen LogP contribution is -2.54. The molecule has 0 bridgehead atoms. The van der Waals surface area contributed by atoms with E-state index < -0.39 is 17.8 Å². The first kappa shape index (κ1) is 14.6. The molecule has 0 radical (unpaired) electrons. The number of halogens is 3. The highest BCUT2D eigenvalue weighted by molar-refractivity contribution is 5.82. The molecule has 0 atom stereocenters. The van der Waals surface area contributed by atoms with Crippen LogP contribution in [-0.4, -0.2) is 55.0 Å². The number of alkyl halides is 2. The van der Waals surface area contributed by atoms with E-state index in [-0.39, 0.29) is 18.8 Å². The third kappa shape index (κ3) is 3.41. The number of hydrogen-bond acceptors (Lipinski definition) is 3. The molecule has 1 saturated heterocycles. The van der Waals surface area contributed by atoms with Gasteiger partial charge in [-0.2, -0.15) is 8.78 Å². The smallest absolute Gasteiger partial charge is 0.425 e. The van der Waals surface area contributed by atoms with E-state index >= 15 is 0 Å². The summed E-state index contributed by atoms with van der Waals surface area (Å²) >= 11 is 0. The Balaban J connectivity index is 2.01. The van der Waals surface area contributed by atoms with Crippen LogP contribution in [0.1, 0.15) is 0 Å². The van der Waals surface area contributed by atoms with Gasteiger partial charge in [0.25, 0.3) is 0 Å². The average molecular weight is 288 g/mol. The molecule has 20 heavy (non-hydrogen) atoms. The highest BCUT2D eigenvalue weighted by Gasteiger charge is 2.45. The van der Waals surface area contributed by atoms with Gasteiger partial charge in [0.15, 0.2) is 0 Å². The molecule has 0 unspecified atom stereocenters. The molecular weight excluding hydrogens is 273 g/mol. The molecule has 0 N–H and O–H groups in total. The third-order valence-corrected chi connectivity index (χ3v) is 3.10. The number of rotatable bonds is 3. The van der Waals surface area contributed by atoms with Crippen molar-refractivity contribution in [3.8, 4) is 5.75 Å². The van der Waals surface area contributed by atoms with E-state index in [0.29, 0.717) is 13.1 Å². The van der Waals surface area contributed by atoms with Crippen LogP contribution in [-0.2, 0) is 4.79 Å². The molecule has 1 aromatic carbocycles. The molecule has 4 nitrogen and oxygen atoms in total. The maximum Gasteiger partial charge on any atom is 0.482 e. The van der Waals surface area contributed by atoms with Crippen molar-refractivity contribution in [3.63, 3.8) is 0 Å². The van der Waals surface area contributed by atoms with Crippen molar-refractivity contribution in [1.29, 1.82) is 0 Å². The van der Waals surface area contributed by atoms with Gasteiger partial charge in [0.1, 0.15) is 11.6 Å². The van der Waals surface area contributed by atoms with Crippen molar-refractivity contribution >= 4 is 5.91 Å². The van der Waals surface area contributed by atoms with E-state index in [2.05, 4.69) is 4.74 Å². The van der Waals surface area contributed by atoms with Crippen molar-refractivity contribution in [1.82, 2.24) is 9.80 Å². The fraction of sp³-hybridized carbons (Fsp3) is 0.462. The van der Waals surface area contributed by atoms with Crippen LogP contribution in [0.2, 0.25) is 0 Å². The summed E-state index contributed by atoms with van der Waals surface area (Å²) in [6, 6.07) is 4.10. The van der Waals surface area contributed by atoms with E-state index in [0.717, 1.165) is 29.2 Å². The van der Waals surface area contributed by atoms with Gasteiger partial charge in [0, 0.05) is 26.2 Å². The van der Waals surface area contributed by atoms with Crippen molar-refractivity contribution in [3.05, 3.63) is 30.1 Å². The molecule has 0 saturated carbocycles. The van der Waals surface area contributed by atoms with E-state index in [1.807, 2.05) is 11.9 Å². The number of ether oxygens (including phenoxy) is 1. The van der Waals surface area contributed by atoms with Crippen LogP contribution in [0.4, 0.5) is 13.2 Å². The van der Waals surface area contributed by atoms with Gasteiger partial charge in [0.05, 0.1) is 0 Å². The second-order valence-corrected chi connectivity index (χ2v) is 4.67. The van der Waals surface area contributed by atoms with E-state index in [1.54, 1.807) is 0 Å². The van der Waals surface area contributed by atoms with Crippen LogP contribution in [0.3, 0.4) is 0 Å². The molecular formula is C13H15F3N2O2. The summed E-state index contributed by atoms with van der Waals surface area (Å²) in [4.78, 5) is 14.8. The second kappa shape index (κ2) is 5.70. The zero-order valence-corrected chi connectivity index (χ0v) is 11.0. The summed E-state index contributed by atoms with van der Waals surface area (Å²) in [7, 11) is 1.86. The second-order valence-electron chi connectivity index (χ2n) is 4.67. The standard InChI is InChI=1S/C13H15F3N2O2/c1-17-6-8-18(9-7-17)12(19)13(15,16)20-11-4-2-10(14)3-5-11/h2-5H,6-9H2,1H3. The normalized spacial score (nSPS) is 17.1. The third-order valence-electron chi connectivity index (χ3n) is 3.10.